The van der Waals surface area contributed by atoms with Crippen molar-refractivity contribution in [3.8, 4) is 11.8 Å². The first kappa shape index (κ1) is 26.0. The highest BCUT2D eigenvalue weighted by Crippen LogP contribution is 2.59. The Balaban J connectivity index is 2.26. The number of nitrogens with zero attached hydrogens (tertiary/aromatic N) is 5. The minimum absolute atomic E-state index is 0.383. The zero-order valence-corrected chi connectivity index (χ0v) is 17.4. The van der Waals surface area contributed by atoms with Crippen molar-refractivity contribution < 1.29 is 43.9 Å². The van der Waals surface area contributed by atoms with Gasteiger partial charge in [0.25, 0.3) is 0 Å². The van der Waals surface area contributed by atoms with Gasteiger partial charge in [0.2, 0.25) is 0 Å². The summed E-state index contributed by atoms with van der Waals surface area (Å²) in [5, 5.41) is 17.4. The van der Waals surface area contributed by atoms with Gasteiger partial charge in [-0.15, -0.1) is 0 Å². The normalized spacial score (nSPS) is 19.5. The summed E-state index contributed by atoms with van der Waals surface area (Å²) in [5.74, 6) is -12.6. The number of benzene rings is 1. The van der Waals surface area contributed by atoms with Gasteiger partial charge in [-0.25, -0.2) is 4.68 Å². The summed E-state index contributed by atoms with van der Waals surface area (Å²) < 4.78 is 135. The Bertz CT molecular complexity index is 1170. The SMILES string of the molecule is N#Cc1nn(-c2c(Cl)cc(C(F)(F)F)cc2Cl)cc1C1(C(F)(F)C(F)(F)C(F)(F)F)CCN=N1. The molecule has 1 aromatic heterocycles. The van der Waals surface area contributed by atoms with E-state index in [2.05, 4.69) is 15.3 Å². The number of aromatic nitrogens is 2. The Morgan fingerprint density at radius 3 is 1.94 bits per heavy atom. The van der Waals surface area contributed by atoms with Gasteiger partial charge in [-0.2, -0.15) is 64.5 Å². The molecule has 0 aliphatic carbocycles. The minimum atomic E-state index is -6.70. The zero-order chi connectivity index (χ0) is 25.9. The summed E-state index contributed by atoms with van der Waals surface area (Å²) in [7, 11) is 0. The number of azo groups is 1. The molecule has 0 radical (unpaired) electrons. The second-order valence-corrected chi connectivity index (χ2v) is 7.77. The van der Waals surface area contributed by atoms with E-state index in [-0.39, 0.29) is 0 Å². The first-order chi connectivity index (χ1) is 15.4. The van der Waals surface area contributed by atoms with E-state index in [0.717, 1.165) is 0 Å². The van der Waals surface area contributed by atoms with E-state index in [1.165, 1.54) is 6.07 Å². The fourth-order valence-corrected chi connectivity index (χ4v) is 3.93. The fourth-order valence-electron chi connectivity index (χ4n) is 3.27. The lowest BCUT2D eigenvalue weighted by Crippen LogP contribution is -2.61. The molecule has 3 rings (SSSR count). The van der Waals surface area contributed by atoms with Gasteiger partial charge >= 0.3 is 24.2 Å². The predicted molar refractivity (Wildman–Crippen MR) is 95.3 cm³/mol. The molecule has 34 heavy (non-hydrogen) atoms. The van der Waals surface area contributed by atoms with Crippen LogP contribution >= 0.6 is 23.2 Å². The molecule has 1 aliphatic rings. The van der Waals surface area contributed by atoms with Crippen molar-refractivity contribution >= 4 is 23.2 Å². The van der Waals surface area contributed by atoms with Crippen molar-refractivity contribution in [3.63, 3.8) is 0 Å². The van der Waals surface area contributed by atoms with Crippen molar-refractivity contribution in [3.05, 3.63) is 45.2 Å². The maximum Gasteiger partial charge on any atom is 0.459 e. The van der Waals surface area contributed by atoms with Crippen molar-refractivity contribution in [1.29, 1.82) is 5.26 Å². The van der Waals surface area contributed by atoms with Crippen LogP contribution in [0.25, 0.3) is 5.69 Å². The van der Waals surface area contributed by atoms with Gasteiger partial charge in [0.05, 0.1) is 22.2 Å². The van der Waals surface area contributed by atoms with Gasteiger partial charge in [-0.3, -0.25) is 0 Å². The number of nitriles is 1. The van der Waals surface area contributed by atoms with E-state index in [9.17, 15) is 49.2 Å². The van der Waals surface area contributed by atoms with Gasteiger partial charge in [0.15, 0.2) is 11.2 Å². The number of halogens is 12. The Morgan fingerprint density at radius 2 is 1.53 bits per heavy atom. The molecule has 0 bridgehead atoms. The van der Waals surface area contributed by atoms with E-state index < -0.39 is 75.3 Å². The highest BCUT2D eigenvalue weighted by Gasteiger charge is 2.81. The molecule has 0 N–H and O–H groups in total. The quantitative estimate of drug-likeness (QED) is 0.393. The maximum absolute atomic E-state index is 14.9. The van der Waals surface area contributed by atoms with Gasteiger partial charge in [0, 0.05) is 18.2 Å². The van der Waals surface area contributed by atoms with Gasteiger partial charge in [0.1, 0.15) is 11.8 Å². The molecule has 1 aromatic carbocycles. The highest BCUT2D eigenvalue weighted by atomic mass is 35.5. The molecular formula is C17H7Cl2F10N5. The Kier molecular flexibility index (Phi) is 6.10. The van der Waals surface area contributed by atoms with E-state index in [1.807, 2.05) is 0 Å². The summed E-state index contributed by atoms with van der Waals surface area (Å²) in [6, 6.07) is 2.03. The Morgan fingerprint density at radius 1 is 0.971 bits per heavy atom. The van der Waals surface area contributed by atoms with Crippen molar-refractivity contribution in [1.82, 2.24) is 9.78 Å². The topological polar surface area (TPSA) is 66.3 Å². The average Bonchev–Trinajstić information content (AvgIpc) is 3.33. The first-order valence-electron chi connectivity index (χ1n) is 8.68. The molecule has 0 spiro atoms. The monoisotopic (exact) mass is 541 g/mol. The molecule has 0 saturated heterocycles. The largest absolute Gasteiger partial charge is 0.459 e. The second kappa shape index (κ2) is 7.98. The summed E-state index contributed by atoms with van der Waals surface area (Å²) in [5.41, 5.74) is -7.84. The highest BCUT2D eigenvalue weighted by molar-refractivity contribution is 6.37. The van der Waals surface area contributed by atoms with Crippen LogP contribution in [0.3, 0.4) is 0 Å². The van der Waals surface area contributed by atoms with Crippen LogP contribution < -0.4 is 0 Å². The van der Waals surface area contributed by atoms with Crippen LogP contribution in [0.1, 0.15) is 23.2 Å². The molecule has 17 heteroatoms. The summed E-state index contributed by atoms with van der Waals surface area (Å²) in [6.07, 6.45) is -12.3. The summed E-state index contributed by atoms with van der Waals surface area (Å²) in [6.45, 7) is -0.693. The minimum Gasteiger partial charge on any atom is -0.236 e. The van der Waals surface area contributed by atoms with Crippen LogP contribution in [-0.2, 0) is 11.7 Å². The summed E-state index contributed by atoms with van der Waals surface area (Å²) >= 11 is 11.6. The third kappa shape index (κ3) is 3.76. The molecule has 5 nitrogen and oxygen atoms in total. The van der Waals surface area contributed by atoms with Crippen molar-refractivity contribution in [2.45, 2.75) is 36.2 Å². The molecular weight excluding hydrogens is 535 g/mol. The maximum atomic E-state index is 14.9. The molecule has 184 valence electrons. The van der Waals surface area contributed by atoms with E-state index in [0.29, 0.717) is 23.0 Å². The molecule has 0 amide bonds. The average molecular weight is 542 g/mol. The smallest absolute Gasteiger partial charge is 0.236 e. The standard InChI is InChI=1S/C17H7Cl2F10N5/c18-9-3-7(14(20,21)22)4-10(19)12(9)34-6-8(11(5-30)32-34)13(1-2-31-33-13)15(23,24)16(25,26)17(27,28)29/h3-4,6H,1-2H2. The number of hydrogen-bond donors (Lipinski definition) is 0. The Labute approximate surface area is 192 Å². The lowest BCUT2D eigenvalue weighted by molar-refractivity contribution is -0.369. The van der Waals surface area contributed by atoms with E-state index >= 15 is 0 Å². The molecule has 2 aromatic rings. The van der Waals surface area contributed by atoms with E-state index in [4.69, 9.17) is 23.2 Å². The van der Waals surface area contributed by atoms with Crippen molar-refractivity contribution in [2.24, 2.45) is 10.2 Å². The Hall–Kier alpha value is -2.60. The number of alkyl halides is 10. The number of hydrogen-bond acceptors (Lipinski definition) is 4. The lowest BCUT2D eigenvalue weighted by Gasteiger charge is -2.38. The summed E-state index contributed by atoms with van der Waals surface area (Å²) in [4.78, 5) is 0. The molecule has 2 heterocycles. The molecule has 0 saturated carbocycles. The first-order valence-corrected chi connectivity index (χ1v) is 9.44. The fraction of sp³-hybridized carbons (Fsp3) is 0.412. The van der Waals surface area contributed by atoms with Gasteiger partial charge in [-0.05, 0) is 12.1 Å². The lowest BCUT2D eigenvalue weighted by atomic mass is 9.79. The third-order valence-electron chi connectivity index (χ3n) is 4.92. The molecule has 1 unspecified atom stereocenters. The molecule has 0 fully saturated rings. The third-order valence-corrected chi connectivity index (χ3v) is 5.50. The molecule has 1 aliphatic heterocycles. The van der Waals surface area contributed by atoms with Crippen molar-refractivity contribution in [2.75, 3.05) is 6.54 Å². The van der Waals surface area contributed by atoms with Crippen LogP contribution in [0.15, 0.2) is 28.6 Å². The predicted octanol–water partition coefficient (Wildman–Crippen LogP) is 6.95. The second-order valence-electron chi connectivity index (χ2n) is 6.96. The van der Waals surface area contributed by atoms with Crippen LogP contribution in [-0.4, -0.2) is 34.3 Å². The number of rotatable bonds is 4. The zero-order valence-electron chi connectivity index (χ0n) is 15.9. The van der Waals surface area contributed by atoms with Gasteiger partial charge < -0.3 is 0 Å². The van der Waals surface area contributed by atoms with E-state index in [1.54, 1.807) is 0 Å². The van der Waals surface area contributed by atoms with Crippen LogP contribution in [0.4, 0.5) is 43.9 Å². The molecule has 1 atom stereocenters. The van der Waals surface area contributed by atoms with Gasteiger partial charge in [-0.1, -0.05) is 23.2 Å². The van der Waals surface area contributed by atoms with Crippen LogP contribution in [0.2, 0.25) is 10.0 Å². The van der Waals surface area contributed by atoms with Crippen LogP contribution in [0, 0.1) is 11.3 Å². The van der Waals surface area contributed by atoms with Crippen LogP contribution in [0.5, 0.6) is 0 Å².